The van der Waals surface area contributed by atoms with Gasteiger partial charge in [-0.3, -0.25) is 9.40 Å². The van der Waals surface area contributed by atoms with Crippen molar-refractivity contribution in [3.05, 3.63) is 22.0 Å². The van der Waals surface area contributed by atoms with Crippen LogP contribution in [-0.2, 0) is 16.2 Å². The van der Waals surface area contributed by atoms with E-state index in [1.165, 1.54) is 6.20 Å². The van der Waals surface area contributed by atoms with Crippen molar-refractivity contribution in [1.82, 2.24) is 19.5 Å². The van der Waals surface area contributed by atoms with E-state index in [1.807, 2.05) is 38.5 Å². The van der Waals surface area contributed by atoms with Gasteiger partial charge in [0.1, 0.15) is 23.4 Å². The highest BCUT2D eigenvalue weighted by atomic mass is 16.7. The van der Waals surface area contributed by atoms with Crippen LogP contribution in [0.3, 0.4) is 0 Å². The molecule has 3 heterocycles. The Hall–Kier alpha value is -2.42. The number of carbonyl (C=O) groups excluding carboxylic acids is 1. The van der Waals surface area contributed by atoms with E-state index < -0.39 is 10.5 Å². The second-order valence-electron chi connectivity index (χ2n) is 7.86. The van der Waals surface area contributed by atoms with Gasteiger partial charge in [-0.1, -0.05) is 0 Å². The fourth-order valence-corrected chi connectivity index (χ4v) is 3.22. The third-order valence-electron chi connectivity index (χ3n) is 4.13. The summed E-state index contributed by atoms with van der Waals surface area (Å²) in [5.41, 5.74) is -0.464. The fraction of sp³-hybridized carbons (Fsp3) is 0.688. The van der Waals surface area contributed by atoms with Gasteiger partial charge >= 0.3 is 11.8 Å². The summed E-state index contributed by atoms with van der Waals surface area (Å²) < 4.78 is 7.47. The summed E-state index contributed by atoms with van der Waals surface area (Å²) in [7, 11) is 0. The molecule has 0 radical (unpaired) electrons. The van der Waals surface area contributed by atoms with Crippen LogP contribution in [0, 0.1) is 10.1 Å². The molecule has 26 heavy (non-hydrogen) atoms. The first-order chi connectivity index (χ1) is 12.1. The SMILES string of the molecule is CC(C)(C)ON1CCN(CC2(C)Cn3cc([N+](=O)[O-])nc3O2)C(=C=O)C1. The van der Waals surface area contributed by atoms with Gasteiger partial charge in [0.25, 0.3) is 0 Å². The Kier molecular flexibility index (Phi) is 4.51. The number of aromatic nitrogens is 2. The van der Waals surface area contributed by atoms with Crippen molar-refractivity contribution in [1.29, 1.82) is 0 Å². The first-order valence-corrected chi connectivity index (χ1v) is 8.42. The lowest BCUT2D eigenvalue weighted by atomic mass is 10.1. The molecule has 1 saturated heterocycles. The average molecular weight is 365 g/mol. The highest BCUT2D eigenvalue weighted by molar-refractivity contribution is 5.52. The predicted octanol–water partition coefficient (Wildman–Crippen LogP) is 1.01. The van der Waals surface area contributed by atoms with Crippen molar-refractivity contribution in [3.63, 3.8) is 0 Å². The molecule has 0 aliphatic carbocycles. The monoisotopic (exact) mass is 365 g/mol. The lowest BCUT2D eigenvalue weighted by molar-refractivity contribution is -0.389. The highest BCUT2D eigenvalue weighted by Gasteiger charge is 2.42. The van der Waals surface area contributed by atoms with Crippen LogP contribution < -0.4 is 4.74 Å². The highest BCUT2D eigenvalue weighted by Crippen LogP contribution is 2.32. The maximum Gasteiger partial charge on any atom is 0.415 e. The zero-order valence-corrected chi connectivity index (χ0v) is 15.4. The second kappa shape index (κ2) is 6.39. The number of nitrogens with zero attached hydrogens (tertiary/aromatic N) is 5. The predicted molar refractivity (Wildman–Crippen MR) is 91.1 cm³/mol. The number of hydrogen-bond donors (Lipinski definition) is 0. The minimum atomic E-state index is -0.632. The molecule has 0 N–H and O–H groups in total. The maximum absolute atomic E-state index is 11.4. The number of nitro groups is 1. The maximum atomic E-state index is 11.4. The summed E-state index contributed by atoms with van der Waals surface area (Å²) in [6, 6.07) is 0.227. The molecule has 2 aliphatic rings. The van der Waals surface area contributed by atoms with Gasteiger partial charge in [0.15, 0.2) is 0 Å². The molecule has 0 aromatic carbocycles. The van der Waals surface area contributed by atoms with Crippen LogP contribution in [0.15, 0.2) is 11.9 Å². The van der Waals surface area contributed by atoms with Gasteiger partial charge in [0.05, 0.1) is 25.2 Å². The Balaban J connectivity index is 1.65. The topological polar surface area (TPSA) is 103 Å². The molecular formula is C16H23N5O5. The third kappa shape index (κ3) is 3.87. The van der Waals surface area contributed by atoms with Gasteiger partial charge in [-0.2, -0.15) is 5.06 Å². The molecule has 0 bridgehead atoms. The van der Waals surface area contributed by atoms with E-state index >= 15 is 0 Å². The molecule has 10 heteroatoms. The molecule has 10 nitrogen and oxygen atoms in total. The Bertz CT molecular complexity index is 738. The van der Waals surface area contributed by atoms with Gasteiger partial charge in [-0.05, 0) is 32.6 Å². The van der Waals surface area contributed by atoms with Crippen LogP contribution in [0.4, 0.5) is 5.82 Å². The zero-order valence-electron chi connectivity index (χ0n) is 15.4. The van der Waals surface area contributed by atoms with Crippen LogP contribution in [0.5, 0.6) is 6.01 Å². The zero-order chi connectivity index (χ0) is 19.1. The first-order valence-electron chi connectivity index (χ1n) is 8.42. The third-order valence-corrected chi connectivity index (χ3v) is 4.13. The quantitative estimate of drug-likeness (QED) is 0.442. The normalized spacial score (nSPS) is 23.5. The Morgan fingerprint density at radius 2 is 2.19 bits per heavy atom. The molecular weight excluding hydrogens is 342 g/mol. The van der Waals surface area contributed by atoms with E-state index in [4.69, 9.17) is 9.57 Å². The molecule has 1 atom stereocenters. The standard InChI is InChI=1S/C16H23N5O5/c1-15(2,3)26-20-6-5-18(12(7-20)9-22)10-16(4)11-19-8-13(21(23)24)17-14(19)25-16/h8H,5-7,10-11H2,1-4H3. The summed E-state index contributed by atoms with van der Waals surface area (Å²) in [4.78, 5) is 33.3. The van der Waals surface area contributed by atoms with Crippen LogP contribution in [0.25, 0.3) is 0 Å². The molecule has 1 aromatic rings. The van der Waals surface area contributed by atoms with Gasteiger partial charge < -0.3 is 19.8 Å². The molecule has 142 valence electrons. The number of piperazine rings is 1. The van der Waals surface area contributed by atoms with Crippen LogP contribution in [-0.4, -0.2) is 67.8 Å². The smallest absolute Gasteiger partial charge is 0.415 e. The summed E-state index contributed by atoms with van der Waals surface area (Å²) in [5, 5.41) is 12.6. The molecule has 2 aliphatic heterocycles. The number of rotatable bonds is 4. The van der Waals surface area contributed by atoms with E-state index in [0.29, 0.717) is 38.4 Å². The number of imidazole rings is 1. The van der Waals surface area contributed by atoms with Gasteiger partial charge in [0, 0.05) is 18.1 Å². The number of fused-ring (bicyclic) bond motifs is 1. The van der Waals surface area contributed by atoms with Crippen molar-refractivity contribution >= 4 is 11.8 Å². The van der Waals surface area contributed by atoms with E-state index in [0.717, 1.165) is 0 Å². The summed E-state index contributed by atoms with van der Waals surface area (Å²) in [5.74, 6) is 1.77. The Morgan fingerprint density at radius 1 is 1.46 bits per heavy atom. The molecule has 1 unspecified atom stereocenters. The van der Waals surface area contributed by atoms with Crippen molar-refractivity contribution in [2.45, 2.75) is 45.4 Å². The Labute approximate surface area is 151 Å². The number of hydrogen-bond acceptors (Lipinski definition) is 8. The summed E-state index contributed by atoms with van der Waals surface area (Å²) in [6.45, 7) is 10.2. The van der Waals surface area contributed by atoms with E-state index in [9.17, 15) is 14.9 Å². The minimum absolute atomic E-state index is 0.227. The molecule has 1 aromatic heterocycles. The van der Waals surface area contributed by atoms with Crippen molar-refractivity contribution < 1.29 is 19.3 Å². The summed E-state index contributed by atoms with van der Waals surface area (Å²) >= 11 is 0. The first kappa shape index (κ1) is 18.4. The van der Waals surface area contributed by atoms with E-state index in [-0.39, 0.29) is 17.4 Å². The molecule has 3 rings (SSSR count). The van der Waals surface area contributed by atoms with Gasteiger partial charge in [-0.25, -0.2) is 4.79 Å². The van der Waals surface area contributed by atoms with Crippen molar-refractivity contribution in [3.8, 4) is 6.01 Å². The van der Waals surface area contributed by atoms with E-state index in [1.54, 1.807) is 9.63 Å². The number of hydroxylamine groups is 2. The fourth-order valence-electron chi connectivity index (χ4n) is 3.22. The molecule has 0 spiro atoms. The van der Waals surface area contributed by atoms with Crippen LogP contribution >= 0.6 is 0 Å². The van der Waals surface area contributed by atoms with Crippen LogP contribution in [0.2, 0.25) is 0 Å². The van der Waals surface area contributed by atoms with Crippen molar-refractivity contribution in [2.24, 2.45) is 0 Å². The Morgan fingerprint density at radius 3 is 2.77 bits per heavy atom. The van der Waals surface area contributed by atoms with Gasteiger partial charge in [-0.15, -0.1) is 0 Å². The molecule has 1 fully saturated rings. The lowest BCUT2D eigenvalue weighted by Gasteiger charge is -2.40. The molecule has 0 amide bonds. The lowest BCUT2D eigenvalue weighted by Crippen LogP contribution is -2.52. The second-order valence-corrected chi connectivity index (χ2v) is 7.86. The van der Waals surface area contributed by atoms with E-state index in [2.05, 4.69) is 4.98 Å². The molecule has 0 saturated carbocycles. The summed E-state index contributed by atoms with van der Waals surface area (Å²) in [6.07, 6.45) is 1.37. The average Bonchev–Trinajstić information content (AvgIpc) is 3.02. The van der Waals surface area contributed by atoms with Crippen molar-refractivity contribution in [2.75, 3.05) is 26.2 Å². The van der Waals surface area contributed by atoms with Gasteiger partial charge in [0.2, 0.25) is 0 Å². The van der Waals surface area contributed by atoms with Crippen LogP contribution in [0.1, 0.15) is 27.7 Å². The minimum Gasteiger partial charge on any atom is -0.436 e. The largest absolute Gasteiger partial charge is 0.436 e. The number of ether oxygens (including phenoxy) is 1.